The summed E-state index contributed by atoms with van der Waals surface area (Å²) in [5.41, 5.74) is 1.02. The van der Waals surface area contributed by atoms with Crippen molar-refractivity contribution in [2.24, 2.45) is 0 Å². The molecule has 0 aliphatic carbocycles. The molecule has 3 aromatic rings. The Balaban J connectivity index is 1.87. The number of thioether (sulfide) groups is 1. The smallest absolute Gasteiger partial charge is 0.266 e. The van der Waals surface area contributed by atoms with Crippen LogP contribution in [-0.2, 0) is 26.1 Å². The van der Waals surface area contributed by atoms with Crippen molar-refractivity contribution in [3.8, 4) is 0 Å². The first kappa shape index (κ1) is 22.5. The number of benzene rings is 1. The summed E-state index contributed by atoms with van der Waals surface area (Å²) in [7, 11) is -9.21. The molecule has 0 unspecified atom stereocenters. The fourth-order valence-corrected chi connectivity index (χ4v) is 8.76. The van der Waals surface area contributed by atoms with E-state index in [1.165, 1.54) is 43.9 Å². The van der Waals surface area contributed by atoms with Gasteiger partial charge in [-0.2, -0.15) is 4.57 Å². The molecule has 0 fully saturated rings. The van der Waals surface area contributed by atoms with Gasteiger partial charge in [-0.3, -0.25) is 0 Å². The van der Waals surface area contributed by atoms with Gasteiger partial charge in [0.2, 0.25) is 11.4 Å². The first-order valence-electron chi connectivity index (χ1n) is 7.85. The number of rotatable bonds is 5. The zero-order valence-corrected chi connectivity index (χ0v) is 20.9. The Bertz CT molecular complexity index is 1410. The number of fused-ring (bicyclic) bond motifs is 2. The van der Waals surface area contributed by atoms with E-state index in [4.69, 9.17) is 11.6 Å². The lowest BCUT2D eigenvalue weighted by molar-refractivity contribution is -0.649. The first-order chi connectivity index (χ1) is 13.9. The standard InChI is InChI=1S/C15H10BrClN2O6S5/c16-12-4-10-15(27-12)28-14(19(10)7-30(23,24)25)5-13-18(6-29(20,21)22)9-3-8(17)1-2-11(9)26-13/h1-5H,6-7H2,(H-,20,21,22,23,24,25)/p-1. The summed E-state index contributed by atoms with van der Waals surface area (Å²) in [5.74, 6) is -1.59. The molecule has 1 aliphatic heterocycles. The van der Waals surface area contributed by atoms with E-state index < -0.39 is 32.0 Å². The second-order valence-corrected chi connectivity index (χ2v) is 14.1. The van der Waals surface area contributed by atoms with E-state index >= 15 is 0 Å². The lowest BCUT2D eigenvalue weighted by atomic mass is 10.3. The van der Waals surface area contributed by atoms with Crippen molar-refractivity contribution < 1.29 is 30.5 Å². The number of thiazole rings is 1. The minimum absolute atomic E-state index is 0.373. The maximum Gasteiger partial charge on any atom is 0.266 e. The largest absolute Gasteiger partial charge is 0.747 e. The Morgan fingerprint density at radius 1 is 1.13 bits per heavy atom. The Hall–Kier alpha value is -0.710. The Kier molecular flexibility index (Phi) is 6.00. The highest BCUT2D eigenvalue weighted by Crippen LogP contribution is 2.52. The summed E-state index contributed by atoms with van der Waals surface area (Å²) in [5, 5.41) is 1.20. The maximum atomic E-state index is 11.5. The average Bonchev–Trinajstić information content (AvgIpc) is 3.19. The van der Waals surface area contributed by atoms with Gasteiger partial charge in [0.25, 0.3) is 5.01 Å². The number of anilines is 1. The molecule has 0 atom stereocenters. The van der Waals surface area contributed by atoms with Gasteiger partial charge in [-0.25, -0.2) is 16.8 Å². The van der Waals surface area contributed by atoms with E-state index in [9.17, 15) is 25.9 Å². The van der Waals surface area contributed by atoms with Crippen LogP contribution in [0.4, 0.5) is 5.69 Å². The molecule has 3 heterocycles. The van der Waals surface area contributed by atoms with E-state index in [1.54, 1.807) is 30.3 Å². The molecule has 30 heavy (non-hydrogen) atoms. The van der Waals surface area contributed by atoms with Crippen molar-refractivity contribution in [1.29, 1.82) is 0 Å². The predicted molar refractivity (Wildman–Crippen MR) is 120 cm³/mol. The summed E-state index contributed by atoms with van der Waals surface area (Å²) >= 11 is 13.2. The molecule has 160 valence electrons. The lowest BCUT2D eigenvalue weighted by Crippen LogP contribution is -2.39. The third-order valence-electron chi connectivity index (χ3n) is 3.92. The van der Waals surface area contributed by atoms with Gasteiger partial charge in [0, 0.05) is 11.1 Å². The number of thiophene rings is 1. The molecule has 1 aromatic carbocycles. The number of nitrogens with zero attached hydrogens (tertiary/aromatic N) is 2. The zero-order chi connectivity index (χ0) is 21.8. The number of hydrogen-bond acceptors (Lipinski definition) is 10. The summed E-state index contributed by atoms with van der Waals surface area (Å²) in [4.78, 5) is 1.36. The van der Waals surface area contributed by atoms with Crippen LogP contribution in [0.2, 0.25) is 5.02 Å². The molecule has 0 saturated carbocycles. The molecule has 0 spiro atoms. The number of aromatic nitrogens is 1. The van der Waals surface area contributed by atoms with Gasteiger partial charge in [-0.05, 0) is 34.1 Å². The fourth-order valence-electron chi connectivity index (χ4n) is 2.84. The van der Waals surface area contributed by atoms with E-state index in [0.717, 1.165) is 8.00 Å². The minimum atomic E-state index is -4.62. The molecule has 0 saturated heterocycles. The van der Waals surface area contributed by atoms with Gasteiger partial charge in [0.05, 0.1) is 24.8 Å². The van der Waals surface area contributed by atoms with E-state index in [2.05, 4.69) is 15.9 Å². The van der Waals surface area contributed by atoms with Crippen molar-refractivity contribution in [3.63, 3.8) is 0 Å². The number of hydrogen-bond donors (Lipinski definition) is 0. The van der Waals surface area contributed by atoms with Crippen LogP contribution in [0.25, 0.3) is 16.3 Å². The molecule has 1 aliphatic rings. The lowest BCUT2D eigenvalue weighted by Gasteiger charge is -2.21. The van der Waals surface area contributed by atoms with Crippen LogP contribution in [0.1, 0.15) is 5.01 Å². The molecule has 2 aromatic heterocycles. The van der Waals surface area contributed by atoms with Crippen LogP contribution in [0, 0.1) is 0 Å². The highest BCUT2D eigenvalue weighted by Gasteiger charge is 2.31. The summed E-state index contributed by atoms with van der Waals surface area (Å²) < 4.78 is 72.4. The third kappa shape index (κ3) is 4.86. The van der Waals surface area contributed by atoms with Gasteiger partial charge in [-0.1, -0.05) is 34.7 Å². The molecule has 8 nitrogen and oxygen atoms in total. The van der Waals surface area contributed by atoms with Crippen LogP contribution in [-0.4, -0.2) is 31.8 Å². The quantitative estimate of drug-likeness (QED) is 0.328. The molecule has 0 N–H and O–H groups in total. The van der Waals surface area contributed by atoms with Gasteiger partial charge >= 0.3 is 0 Å². The second-order valence-electron chi connectivity index (χ2n) is 6.09. The maximum absolute atomic E-state index is 11.5. The molecular weight excluding hydrogens is 580 g/mol. The fraction of sp³-hybridized carbons (Fsp3) is 0.133. The normalized spacial score (nSPS) is 16.0. The van der Waals surface area contributed by atoms with E-state index in [0.29, 0.717) is 31.0 Å². The summed E-state index contributed by atoms with van der Waals surface area (Å²) in [6.07, 6.45) is 1.57. The Labute approximate surface area is 197 Å². The Morgan fingerprint density at radius 2 is 1.87 bits per heavy atom. The summed E-state index contributed by atoms with van der Waals surface area (Å²) in [6, 6.07) is 6.60. The molecular formula is C15H9BrClN2O6S5-. The van der Waals surface area contributed by atoms with Crippen molar-refractivity contribution in [3.05, 3.63) is 43.1 Å². The molecule has 0 amide bonds. The average molecular weight is 589 g/mol. The van der Waals surface area contributed by atoms with Gasteiger partial charge < -0.3 is 14.0 Å². The van der Waals surface area contributed by atoms with Gasteiger partial charge in [0.15, 0.2) is 10.1 Å². The monoisotopic (exact) mass is 587 g/mol. The molecule has 0 radical (unpaired) electrons. The third-order valence-corrected chi connectivity index (χ3v) is 9.28. The Morgan fingerprint density at radius 3 is 2.53 bits per heavy atom. The summed E-state index contributed by atoms with van der Waals surface area (Å²) in [6.45, 7) is 0. The predicted octanol–water partition coefficient (Wildman–Crippen LogP) is 3.58. The van der Waals surface area contributed by atoms with Gasteiger partial charge in [0.1, 0.15) is 20.7 Å². The molecule has 0 bridgehead atoms. The van der Waals surface area contributed by atoms with E-state index in [-0.39, 0.29) is 0 Å². The number of halogens is 2. The van der Waals surface area contributed by atoms with E-state index in [1.807, 2.05) is 0 Å². The highest BCUT2D eigenvalue weighted by atomic mass is 79.9. The van der Waals surface area contributed by atoms with Crippen molar-refractivity contribution in [2.75, 3.05) is 10.8 Å². The molecule has 4 rings (SSSR count). The topological polar surface area (TPSA) is 122 Å². The second kappa shape index (κ2) is 8.01. The van der Waals surface area contributed by atoms with Crippen LogP contribution in [0.5, 0.6) is 0 Å². The SMILES string of the molecule is O=S(=O)([O-])CN1C(=Cc2sc3ccc(Cl)cc3[n+]2CS(=O)(=O)[O-])Sc2sc(Br)cc21. The van der Waals surface area contributed by atoms with Crippen molar-refractivity contribution in [2.45, 2.75) is 10.1 Å². The van der Waals surface area contributed by atoms with Crippen LogP contribution in [0.3, 0.4) is 0 Å². The van der Waals surface area contributed by atoms with Crippen LogP contribution < -0.4 is 9.47 Å². The van der Waals surface area contributed by atoms with Crippen LogP contribution >= 0.6 is 62.0 Å². The van der Waals surface area contributed by atoms with Gasteiger partial charge in [-0.15, -0.1) is 11.3 Å². The van der Waals surface area contributed by atoms with Crippen molar-refractivity contribution >= 4 is 104 Å². The molecule has 15 heteroatoms. The first-order valence-corrected chi connectivity index (χ1v) is 14.6. The van der Waals surface area contributed by atoms with Crippen molar-refractivity contribution in [1.82, 2.24) is 0 Å². The minimum Gasteiger partial charge on any atom is -0.747 e. The highest BCUT2D eigenvalue weighted by molar-refractivity contribution is 9.11. The zero-order valence-electron chi connectivity index (χ0n) is 14.4. The van der Waals surface area contributed by atoms with Crippen LogP contribution in [0.15, 0.2) is 37.3 Å².